The van der Waals surface area contributed by atoms with Gasteiger partial charge in [-0.3, -0.25) is 24.0 Å². The maximum absolute atomic E-state index is 11.9. The average Bonchev–Trinajstić information content (AvgIpc) is 2.62. The third-order valence-corrected chi connectivity index (χ3v) is 4.28. The zero-order valence-electron chi connectivity index (χ0n) is 17.9. The molecule has 0 spiro atoms. The quantitative estimate of drug-likeness (QED) is 0.386. The van der Waals surface area contributed by atoms with Gasteiger partial charge in [-0.05, 0) is 6.42 Å². The van der Waals surface area contributed by atoms with E-state index < -0.39 is 66.3 Å². The van der Waals surface area contributed by atoms with E-state index in [2.05, 4.69) is 0 Å². The van der Waals surface area contributed by atoms with Crippen molar-refractivity contribution in [2.75, 3.05) is 13.7 Å². The van der Waals surface area contributed by atoms with Crippen LogP contribution in [0.4, 0.5) is 0 Å². The summed E-state index contributed by atoms with van der Waals surface area (Å²) in [7, 11) is 1.23. The van der Waals surface area contributed by atoms with Gasteiger partial charge in [0, 0.05) is 27.7 Å². The predicted molar refractivity (Wildman–Crippen MR) is 97.8 cm³/mol. The molecule has 2 unspecified atom stereocenters. The van der Waals surface area contributed by atoms with E-state index in [-0.39, 0.29) is 13.0 Å². The number of ether oxygens (including phenoxy) is 6. The van der Waals surface area contributed by atoms with Gasteiger partial charge >= 0.3 is 29.8 Å². The first-order valence-electron chi connectivity index (χ1n) is 9.34. The van der Waals surface area contributed by atoms with Gasteiger partial charge in [-0.2, -0.15) is 0 Å². The summed E-state index contributed by atoms with van der Waals surface area (Å²) in [6.45, 7) is 5.88. The van der Waals surface area contributed by atoms with Crippen LogP contribution >= 0.6 is 0 Å². The van der Waals surface area contributed by atoms with E-state index in [1.165, 1.54) is 14.0 Å². The van der Waals surface area contributed by atoms with Crippen molar-refractivity contribution in [3.05, 3.63) is 0 Å². The van der Waals surface area contributed by atoms with Crippen LogP contribution in [0.1, 0.15) is 41.0 Å². The van der Waals surface area contributed by atoms with Crippen LogP contribution in [-0.2, 0) is 52.4 Å². The molecule has 1 heterocycles. The molecule has 170 valence electrons. The molecule has 1 aliphatic heterocycles. The largest absolute Gasteiger partial charge is 0.469 e. The number of carbonyl (C=O) groups excluding carboxylic acids is 5. The van der Waals surface area contributed by atoms with Crippen LogP contribution in [0.25, 0.3) is 0 Å². The molecule has 0 N–H and O–H groups in total. The zero-order valence-corrected chi connectivity index (χ0v) is 17.9. The minimum atomic E-state index is -1.25. The summed E-state index contributed by atoms with van der Waals surface area (Å²) in [6.07, 6.45) is -5.61. The van der Waals surface area contributed by atoms with Crippen molar-refractivity contribution in [2.24, 2.45) is 5.92 Å². The second kappa shape index (κ2) is 11.5. The highest BCUT2D eigenvalue weighted by molar-refractivity contribution is 5.72. The normalized spacial score (nSPS) is 26.7. The summed E-state index contributed by atoms with van der Waals surface area (Å²) in [6, 6.07) is 0. The Morgan fingerprint density at radius 1 is 0.767 bits per heavy atom. The van der Waals surface area contributed by atoms with Crippen molar-refractivity contribution < 1.29 is 52.4 Å². The first-order chi connectivity index (χ1) is 14.0. The maximum atomic E-state index is 11.9. The van der Waals surface area contributed by atoms with Crippen molar-refractivity contribution in [3.8, 4) is 0 Å². The minimum absolute atomic E-state index is 0.0335. The fraction of sp³-hybridized carbons (Fsp3) is 0.737. The lowest BCUT2D eigenvalue weighted by molar-refractivity contribution is -0.254. The topological polar surface area (TPSA) is 141 Å². The fourth-order valence-corrected chi connectivity index (χ4v) is 3.15. The second-order valence-corrected chi connectivity index (χ2v) is 6.90. The van der Waals surface area contributed by atoms with Gasteiger partial charge in [-0.25, -0.2) is 0 Å². The first kappa shape index (κ1) is 25.3. The van der Waals surface area contributed by atoms with Gasteiger partial charge in [0.15, 0.2) is 18.3 Å². The summed E-state index contributed by atoms with van der Waals surface area (Å²) < 4.78 is 31.5. The smallest absolute Gasteiger partial charge is 0.308 e. The molecule has 0 radical (unpaired) electrons. The Bertz CT molecular complexity index is 659. The highest BCUT2D eigenvalue weighted by Crippen LogP contribution is 2.32. The lowest BCUT2D eigenvalue weighted by Gasteiger charge is -2.45. The molecule has 1 aliphatic rings. The lowest BCUT2D eigenvalue weighted by atomic mass is 9.89. The molecule has 0 aliphatic carbocycles. The van der Waals surface area contributed by atoms with Gasteiger partial charge in [-0.15, -0.1) is 0 Å². The van der Waals surface area contributed by atoms with E-state index in [9.17, 15) is 24.0 Å². The Labute approximate surface area is 174 Å². The van der Waals surface area contributed by atoms with E-state index in [1.807, 2.05) is 0 Å². The van der Waals surface area contributed by atoms with Crippen LogP contribution < -0.4 is 0 Å². The molecular formula is C19H28O11. The highest BCUT2D eigenvalue weighted by atomic mass is 16.7. The molecule has 0 bridgehead atoms. The Kier molecular flexibility index (Phi) is 9.70. The first-order valence-corrected chi connectivity index (χ1v) is 9.34. The Morgan fingerprint density at radius 2 is 1.23 bits per heavy atom. The Morgan fingerprint density at radius 3 is 1.67 bits per heavy atom. The number of hydrogen-bond acceptors (Lipinski definition) is 11. The zero-order chi connectivity index (χ0) is 23.0. The van der Waals surface area contributed by atoms with E-state index in [4.69, 9.17) is 28.4 Å². The van der Waals surface area contributed by atoms with Crippen LogP contribution in [0.3, 0.4) is 0 Å². The highest BCUT2D eigenvalue weighted by Gasteiger charge is 2.52. The van der Waals surface area contributed by atoms with E-state index in [0.717, 1.165) is 20.8 Å². The van der Waals surface area contributed by atoms with Gasteiger partial charge in [0.1, 0.15) is 12.7 Å². The van der Waals surface area contributed by atoms with Crippen LogP contribution in [0.2, 0.25) is 0 Å². The van der Waals surface area contributed by atoms with Crippen molar-refractivity contribution in [3.63, 3.8) is 0 Å². The van der Waals surface area contributed by atoms with Gasteiger partial charge in [0.2, 0.25) is 0 Å². The molecule has 1 rings (SSSR count). The molecule has 11 heteroatoms. The molecule has 30 heavy (non-hydrogen) atoms. The summed E-state index contributed by atoms with van der Waals surface area (Å²) in [5.41, 5.74) is 0. The molecule has 0 saturated carbocycles. The summed E-state index contributed by atoms with van der Waals surface area (Å²) in [4.78, 5) is 58.2. The van der Waals surface area contributed by atoms with Gasteiger partial charge < -0.3 is 28.4 Å². The molecule has 1 fully saturated rings. The Balaban J connectivity index is 3.33. The summed E-state index contributed by atoms with van der Waals surface area (Å²) in [5.74, 6) is -3.92. The van der Waals surface area contributed by atoms with E-state index in [0.29, 0.717) is 0 Å². The van der Waals surface area contributed by atoms with Gasteiger partial charge in [0.05, 0.1) is 19.1 Å². The number of esters is 5. The molecule has 0 aromatic carbocycles. The third kappa shape index (κ3) is 7.62. The van der Waals surface area contributed by atoms with Crippen molar-refractivity contribution in [1.29, 1.82) is 0 Å². The fourth-order valence-electron chi connectivity index (χ4n) is 3.15. The molecule has 11 nitrogen and oxygen atoms in total. The predicted octanol–water partition coefficient (Wildman–Crippen LogP) is 0.311. The molecule has 6 atom stereocenters. The van der Waals surface area contributed by atoms with E-state index >= 15 is 0 Å². The van der Waals surface area contributed by atoms with Crippen molar-refractivity contribution in [2.45, 2.75) is 71.6 Å². The van der Waals surface area contributed by atoms with Crippen LogP contribution in [0.15, 0.2) is 0 Å². The summed E-state index contributed by atoms with van der Waals surface area (Å²) in [5, 5.41) is 0. The van der Waals surface area contributed by atoms with Crippen LogP contribution in [0, 0.1) is 5.92 Å². The number of hydrogen-bond donors (Lipinski definition) is 0. The third-order valence-electron chi connectivity index (χ3n) is 4.28. The molecule has 0 aromatic rings. The Hall–Kier alpha value is -2.69. The van der Waals surface area contributed by atoms with Crippen molar-refractivity contribution >= 4 is 29.8 Å². The van der Waals surface area contributed by atoms with Gasteiger partial charge in [-0.1, -0.05) is 6.92 Å². The van der Waals surface area contributed by atoms with Gasteiger partial charge in [0.25, 0.3) is 0 Å². The molecule has 1 saturated heterocycles. The number of methoxy groups -OCH3 is 1. The minimum Gasteiger partial charge on any atom is -0.469 e. The lowest BCUT2D eigenvalue weighted by Crippen LogP contribution is -2.62. The standard InChI is InChI=1S/C19H28O11/c1-9(19(24)25-6)7-14-16(27-11(3)21)18(29-13(5)23)17(28-12(4)22)15(30-14)8-26-10(2)20/h9,14-18H,7-8H2,1-6H3/t9?,14?,15-,16+,17-,18-/m1/s1. The SMILES string of the molecule is COC(=O)C(C)CC1O[C@H](COC(C)=O)[C@@H](OC(C)=O)[C@H](OC(C)=O)[C@H]1OC(C)=O. The maximum Gasteiger partial charge on any atom is 0.308 e. The van der Waals surface area contributed by atoms with Crippen molar-refractivity contribution in [1.82, 2.24) is 0 Å². The summed E-state index contributed by atoms with van der Waals surface area (Å²) >= 11 is 0. The molecular weight excluding hydrogens is 404 g/mol. The van der Waals surface area contributed by atoms with Crippen LogP contribution in [0.5, 0.6) is 0 Å². The second-order valence-electron chi connectivity index (χ2n) is 6.90. The number of carbonyl (C=O) groups is 5. The molecule has 0 amide bonds. The average molecular weight is 432 g/mol. The monoisotopic (exact) mass is 432 g/mol. The molecule has 0 aromatic heterocycles. The number of rotatable bonds is 8. The van der Waals surface area contributed by atoms with E-state index in [1.54, 1.807) is 6.92 Å². The van der Waals surface area contributed by atoms with Crippen LogP contribution in [-0.4, -0.2) is 74.1 Å².